The number of nitro groups is 1. The standard InChI is InChI=1S/C27H23FN2O5/c1-4-34-26-17(3)27-23(24(15-35-27)18-8-10-19(28)11-9-18)14-22(26)16(2)12-25(31)29-20-6-5-7-21(13-20)30(32)33/h5-15H,4H2,1-3H3,(H,29,31)/b16-12+. The average Bonchev–Trinajstić information content (AvgIpc) is 3.25. The molecule has 0 saturated heterocycles. The summed E-state index contributed by atoms with van der Waals surface area (Å²) in [7, 11) is 0. The van der Waals surface area contributed by atoms with Crippen LogP contribution in [0.2, 0.25) is 0 Å². The fourth-order valence-electron chi connectivity index (χ4n) is 3.94. The summed E-state index contributed by atoms with van der Waals surface area (Å²) in [6.45, 7) is 5.95. The lowest BCUT2D eigenvalue weighted by Crippen LogP contribution is -2.09. The number of anilines is 1. The van der Waals surface area contributed by atoms with Crippen molar-refractivity contribution in [2.45, 2.75) is 20.8 Å². The van der Waals surface area contributed by atoms with E-state index < -0.39 is 10.8 Å². The molecule has 0 fully saturated rings. The Morgan fingerprint density at radius 1 is 1.20 bits per heavy atom. The Balaban J connectivity index is 1.75. The van der Waals surface area contributed by atoms with Gasteiger partial charge in [0.05, 0.1) is 17.8 Å². The number of nitrogens with zero attached hydrogens (tertiary/aromatic N) is 1. The number of aryl methyl sites for hydroxylation is 1. The first-order valence-corrected chi connectivity index (χ1v) is 11.0. The average molecular weight is 474 g/mol. The normalized spacial score (nSPS) is 11.5. The van der Waals surface area contributed by atoms with Crippen molar-refractivity contribution in [2.24, 2.45) is 0 Å². The third kappa shape index (κ3) is 4.91. The largest absolute Gasteiger partial charge is 0.493 e. The molecule has 1 heterocycles. The molecular formula is C27H23FN2O5. The number of benzene rings is 3. The van der Waals surface area contributed by atoms with Crippen LogP contribution in [0, 0.1) is 22.9 Å². The first-order chi connectivity index (χ1) is 16.8. The minimum absolute atomic E-state index is 0.114. The van der Waals surface area contributed by atoms with E-state index in [-0.39, 0.29) is 11.5 Å². The number of furan rings is 1. The van der Waals surface area contributed by atoms with Crippen LogP contribution in [0.1, 0.15) is 25.0 Å². The number of carbonyl (C=O) groups excluding carboxylic acids is 1. The number of allylic oxidation sites excluding steroid dienone is 1. The van der Waals surface area contributed by atoms with E-state index in [1.165, 1.54) is 36.4 Å². The van der Waals surface area contributed by atoms with Gasteiger partial charge in [-0.2, -0.15) is 0 Å². The summed E-state index contributed by atoms with van der Waals surface area (Å²) in [6, 6.07) is 13.8. The van der Waals surface area contributed by atoms with Gasteiger partial charge in [-0.3, -0.25) is 14.9 Å². The number of hydrogen-bond acceptors (Lipinski definition) is 5. The molecule has 0 spiro atoms. The number of nitrogens with one attached hydrogen (secondary N) is 1. The number of amides is 1. The van der Waals surface area contributed by atoms with Crippen LogP contribution in [0.5, 0.6) is 5.75 Å². The third-order valence-electron chi connectivity index (χ3n) is 5.58. The summed E-state index contributed by atoms with van der Waals surface area (Å²) in [6.07, 6.45) is 3.04. The Kier molecular flexibility index (Phi) is 6.64. The minimum atomic E-state index is -0.521. The minimum Gasteiger partial charge on any atom is -0.493 e. The fourth-order valence-corrected chi connectivity index (χ4v) is 3.94. The van der Waals surface area contributed by atoms with Gasteiger partial charge in [0.1, 0.15) is 17.1 Å². The predicted molar refractivity (Wildman–Crippen MR) is 133 cm³/mol. The van der Waals surface area contributed by atoms with Crippen molar-refractivity contribution < 1.29 is 23.3 Å². The van der Waals surface area contributed by atoms with Crippen molar-refractivity contribution in [1.82, 2.24) is 0 Å². The van der Waals surface area contributed by atoms with Gasteiger partial charge in [-0.05, 0) is 56.2 Å². The van der Waals surface area contributed by atoms with Gasteiger partial charge >= 0.3 is 0 Å². The lowest BCUT2D eigenvalue weighted by Gasteiger charge is -2.15. The number of hydrogen-bond donors (Lipinski definition) is 1. The molecule has 178 valence electrons. The van der Waals surface area contributed by atoms with Crippen LogP contribution in [-0.4, -0.2) is 17.4 Å². The molecule has 1 amide bonds. The Morgan fingerprint density at radius 3 is 2.63 bits per heavy atom. The topological polar surface area (TPSA) is 94.6 Å². The molecular weight excluding hydrogens is 451 g/mol. The van der Waals surface area contributed by atoms with E-state index in [9.17, 15) is 19.3 Å². The van der Waals surface area contributed by atoms with Crippen LogP contribution in [0.15, 0.2) is 71.4 Å². The highest BCUT2D eigenvalue weighted by atomic mass is 19.1. The quantitative estimate of drug-likeness (QED) is 0.179. The van der Waals surface area contributed by atoms with Gasteiger partial charge in [0.15, 0.2) is 0 Å². The van der Waals surface area contributed by atoms with E-state index >= 15 is 0 Å². The van der Waals surface area contributed by atoms with Crippen molar-refractivity contribution in [3.05, 3.63) is 94.0 Å². The van der Waals surface area contributed by atoms with Crippen molar-refractivity contribution in [3.8, 4) is 16.9 Å². The number of rotatable bonds is 7. The molecule has 3 aromatic carbocycles. The second kappa shape index (κ2) is 9.80. The molecule has 0 saturated carbocycles. The van der Waals surface area contributed by atoms with Crippen LogP contribution in [0.4, 0.5) is 15.8 Å². The van der Waals surface area contributed by atoms with Gasteiger partial charge in [-0.1, -0.05) is 18.2 Å². The predicted octanol–water partition coefficient (Wildman–Crippen LogP) is 6.90. The maximum atomic E-state index is 13.4. The zero-order chi connectivity index (χ0) is 25.1. The monoisotopic (exact) mass is 474 g/mol. The second-order valence-corrected chi connectivity index (χ2v) is 7.97. The molecule has 0 unspecified atom stereocenters. The molecule has 0 bridgehead atoms. The summed E-state index contributed by atoms with van der Waals surface area (Å²) in [5.41, 5.74) is 4.55. The van der Waals surface area contributed by atoms with E-state index in [2.05, 4.69) is 5.32 Å². The first kappa shape index (κ1) is 23.7. The van der Waals surface area contributed by atoms with Gasteiger partial charge in [-0.25, -0.2) is 4.39 Å². The van der Waals surface area contributed by atoms with Crippen LogP contribution in [0.25, 0.3) is 27.7 Å². The van der Waals surface area contributed by atoms with E-state index in [4.69, 9.17) is 9.15 Å². The van der Waals surface area contributed by atoms with Crippen molar-refractivity contribution in [3.63, 3.8) is 0 Å². The fraction of sp³-hybridized carbons (Fsp3) is 0.148. The molecule has 4 rings (SSSR count). The number of ether oxygens (including phenoxy) is 1. The highest BCUT2D eigenvalue weighted by molar-refractivity contribution is 6.06. The lowest BCUT2D eigenvalue weighted by molar-refractivity contribution is -0.384. The lowest BCUT2D eigenvalue weighted by atomic mass is 9.96. The zero-order valence-corrected chi connectivity index (χ0v) is 19.4. The van der Waals surface area contributed by atoms with Gasteiger partial charge < -0.3 is 14.5 Å². The molecule has 0 atom stereocenters. The van der Waals surface area contributed by atoms with E-state index in [1.807, 2.05) is 19.9 Å². The Hall–Kier alpha value is -4.46. The first-order valence-electron chi connectivity index (χ1n) is 11.0. The van der Waals surface area contributed by atoms with Crippen molar-refractivity contribution in [2.75, 3.05) is 11.9 Å². The van der Waals surface area contributed by atoms with Crippen LogP contribution in [-0.2, 0) is 4.79 Å². The number of fused-ring (bicyclic) bond motifs is 1. The van der Waals surface area contributed by atoms with Crippen molar-refractivity contribution in [1.29, 1.82) is 0 Å². The summed E-state index contributed by atoms with van der Waals surface area (Å²) in [5, 5.41) is 14.5. The maximum Gasteiger partial charge on any atom is 0.271 e. The second-order valence-electron chi connectivity index (χ2n) is 7.97. The highest BCUT2D eigenvalue weighted by Crippen LogP contribution is 2.40. The Morgan fingerprint density at radius 2 is 1.94 bits per heavy atom. The maximum absolute atomic E-state index is 13.4. The van der Waals surface area contributed by atoms with Gasteiger partial charge in [0.2, 0.25) is 5.91 Å². The van der Waals surface area contributed by atoms with E-state index in [0.717, 1.165) is 22.1 Å². The zero-order valence-electron chi connectivity index (χ0n) is 19.4. The summed E-state index contributed by atoms with van der Waals surface area (Å²) < 4.78 is 25.2. The summed E-state index contributed by atoms with van der Waals surface area (Å²) in [4.78, 5) is 23.2. The van der Waals surface area contributed by atoms with Gasteiger partial charge in [0, 0.05) is 46.0 Å². The Bertz CT molecular complexity index is 1450. The molecule has 1 aromatic heterocycles. The number of non-ortho nitro benzene ring substituents is 1. The van der Waals surface area contributed by atoms with Crippen LogP contribution < -0.4 is 10.1 Å². The molecule has 8 heteroatoms. The molecule has 35 heavy (non-hydrogen) atoms. The summed E-state index contributed by atoms with van der Waals surface area (Å²) in [5.74, 6) is -0.170. The van der Waals surface area contributed by atoms with Crippen LogP contribution >= 0.6 is 0 Å². The molecule has 1 N–H and O–H groups in total. The molecule has 0 aliphatic carbocycles. The smallest absolute Gasteiger partial charge is 0.271 e. The van der Waals surface area contributed by atoms with Gasteiger partial charge in [-0.15, -0.1) is 0 Å². The van der Waals surface area contributed by atoms with E-state index in [1.54, 1.807) is 31.4 Å². The van der Waals surface area contributed by atoms with Crippen molar-refractivity contribution >= 4 is 33.8 Å². The molecule has 4 aromatic rings. The number of carbonyl (C=O) groups is 1. The molecule has 0 aliphatic heterocycles. The molecule has 0 aliphatic rings. The molecule has 7 nitrogen and oxygen atoms in total. The number of halogens is 1. The SMILES string of the molecule is CCOc1c(/C(C)=C/C(=O)Nc2cccc([N+](=O)[O-])c2)cc2c(-c3ccc(F)cc3)coc2c1C. The van der Waals surface area contributed by atoms with Gasteiger partial charge in [0.25, 0.3) is 5.69 Å². The molecule has 0 radical (unpaired) electrons. The number of nitro benzene ring substituents is 1. The third-order valence-corrected chi connectivity index (χ3v) is 5.58. The Labute approximate surface area is 201 Å². The highest BCUT2D eigenvalue weighted by Gasteiger charge is 2.19. The van der Waals surface area contributed by atoms with Crippen LogP contribution in [0.3, 0.4) is 0 Å². The summed E-state index contributed by atoms with van der Waals surface area (Å²) >= 11 is 0. The van der Waals surface area contributed by atoms with E-state index in [0.29, 0.717) is 34.8 Å².